The molecule has 0 aliphatic heterocycles. The molecule has 0 bridgehead atoms. The monoisotopic (exact) mass is 356 g/mol. The molecule has 1 aromatic heterocycles. The Labute approximate surface area is 117 Å². The number of aromatic nitrogens is 2. The molecule has 0 unspecified atom stereocenters. The number of hydrogen-bond donors (Lipinski definition) is 0. The molecule has 3 heteroatoms. The standard InChI is InChI=1S/C4H3N2.2C4H9.C3H7.Sn/c1-2-6-4-3-5-1;2*1-3-4-2;1-3-2;/h1-3H;2*1,3-4H2,2H3;1,3H2,2H3;. The number of hydrogen-bond acceptors (Lipinski definition) is 2. The normalized spacial score (nSPS) is 11.7. The van der Waals surface area contributed by atoms with Crippen molar-refractivity contribution in [2.45, 2.75) is 66.2 Å². The van der Waals surface area contributed by atoms with Crippen LogP contribution in [-0.4, -0.2) is 28.3 Å². The Kier molecular flexibility index (Phi) is 7.87. The Hall–Kier alpha value is -0.121. The Balaban J connectivity index is 2.94. The number of nitrogens with zero attached hydrogens (tertiary/aromatic N) is 2. The van der Waals surface area contributed by atoms with Crippen LogP contribution in [0, 0.1) is 0 Å². The fraction of sp³-hybridized carbons (Fsp3) is 0.733. The molecule has 18 heavy (non-hydrogen) atoms. The number of rotatable bonds is 9. The fourth-order valence-electron chi connectivity index (χ4n) is 2.84. The van der Waals surface area contributed by atoms with E-state index in [0.717, 1.165) is 0 Å². The molecule has 0 aliphatic carbocycles. The first kappa shape index (κ1) is 15.9. The van der Waals surface area contributed by atoms with E-state index in [9.17, 15) is 0 Å². The average molecular weight is 355 g/mol. The molecule has 0 saturated carbocycles. The van der Waals surface area contributed by atoms with E-state index in [1.54, 1.807) is 0 Å². The van der Waals surface area contributed by atoms with E-state index in [1.807, 2.05) is 12.4 Å². The van der Waals surface area contributed by atoms with Crippen molar-refractivity contribution in [2.75, 3.05) is 0 Å². The second kappa shape index (κ2) is 8.89. The minimum absolute atomic E-state index is 1.31. The van der Waals surface area contributed by atoms with Crippen LogP contribution in [0.25, 0.3) is 0 Å². The number of unbranched alkanes of at least 4 members (excludes halogenated alkanes) is 2. The molecule has 0 fully saturated rings. The van der Waals surface area contributed by atoms with Crippen LogP contribution >= 0.6 is 0 Å². The van der Waals surface area contributed by atoms with E-state index in [1.165, 1.54) is 49.1 Å². The van der Waals surface area contributed by atoms with Crippen molar-refractivity contribution in [1.29, 1.82) is 0 Å². The summed E-state index contributed by atoms with van der Waals surface area (Å²) in [4.78, 5) is 9.05. The minimum atomic E-state index is -2.24. The summed E-state index contributed by atoms with van der Waals surface area (Å²) in [6, 6.07) is 0. The Morgan fingerprint density at radius 3 is 2.00 bits per heavy atom. The first-order valence-electron chi connectivity index (χ1n) is 7.55. The molecule has 2 nitrogen and oxygen atoms in total. The molecule has 0 amide bonds. The summed E-state index contributed by atoms with van der Waals surface area (Å²) in [5.41, 5.74) is 0. The van der Waals surface area contributed by atoms with Crippen LogP contribution in [0.4, 0.5) is 0 Å². The van der Waals surface area contributed by atoms with Gasteiger partial charge in [0.2, 0.25) is 0 Å². The van der Waals surface area contributed by atoms with Crippen LogP contribution in [0.15, 0.2) is 18.6 Å². The third-order valence-corrected chi connectivity index (χ3v) is 19.3. The molecule has 0 N–H and O–H groups in total. The van der Waals surface area contributed by atoms with Crippen molar-refractivity contribution in [3.8, 4) is 0 Å². The van der Waals surface area contributed by atoms with Gasteiger partial charge >= 0.3 is 117 Å². The maximum absolute atomic E-state index is 4.71. The second-order valence-corrected chi connectivity index (χ2v) is 18.4. The Bertz CT molecular complexity index is 306. The van der Waals surface area contributed by atoms with Gasteiger partial charge in [-0.25, -0.2) is 0 Å². The van der Waals surface area contributed by atoms with Crippen LogP contribution in [-0.2, 0) is 0 Å². The molecular weight excluding hydrogens is 327 g/mol. The van der Waals surface area contributed by atoms with Crippen molar-refractivity contribution >= 4 is 22.1 Å². The molecular formula is C15H28N2Sn. The van der Waals surface area contributed by atoms with Crippen molar-refractivity contribution < 1.29 is 0 Å². The van der Waals surface area contributed by atoms with Gasteiger partial charge in [0.05, 0.1) is 0 Å². The molecule has 1 rings (SSSR count). The summed E-state index contributed by atoms with van der Waals surface area (Å²) >= 11 is -2.24. The predicted molar refractivity (Wildman–Crippen MR) is 81.9 cm³/mol. The van der Waals surface area contributed by atoms with Crippen molar-refractivity contribution in [3.05, 3.63) is 18.6 Å². The van der Waals surface area contributed by atoms with E-state index in [-0.39, 0.29) is 0 Å². The van der Waals surface area contributed by atoms with Gasteiger partial charge in [0, 0.05) is 0 Å². The molecule has 1 aromatic rings. The van der Waals surface area contributed by atoms with Gasteiger partial charge in [0.15, 0.2) is 0 Å². The molecule has 0 aliphatic rings. The van der Waals surface area contributed by atoms with Crippen LogP contribution in [0.3, 0.4) is 0 Å². The topological polar surface area (TPSA) is 25.8 Å². The summed E-state index contributed by atoms with van der Waals surface area (Å²) in [5, 5.41) is 0. The zero-order valence-electron chi connectivity index (χ0n) is 12.3. The van der Waals surface area contributed by atoms with E-state index in [0.29, 0.717) is 0 Å². The molecule has 0 spiro atoms. The van der Waals surface area contributed by atoms with Crippen LogP contribution in [0.2, 0.25) is 13.3 Å². The van der Waals surface area contributed by atoms with Gasteiger partial charge in [0.25, 0.3) is 0 Å². The molecule has 0 aromatic carbocycles. The quantitative estimate of drug-likeness (QED) is 0.623. The van der Waals surface area contributed by atoms with Gasteiger partial charge in [-0.05, 0) is 0 Å². The third kappa shape index (κ3) is 4.52. The van der Waals surface area contributed by atoms with Crippen molar-refractivity contribution in [3.63, 3.8) is 0 Å². The third-order valence-electron chi connectivity index (χ3n) is 3.85. The van der Waals surface area contributed by atoms with Gasteiger partial charge in [-0.3, -0.25) is 0 Å². The van der Waals surface area contributed by atoms with Crippen LogP contribution in [0.5, 0.6) is 0 Å². The van der Waals surface area contributed by atoms with E-state index < -0.39 is 18.4 Å². The van der Waals surface area contributed by atoms with Crippen molar-refractivity contribution in [2.24, 2.45) is 0 Å². The van der Waals surface area contributed by atoms with Crippen LogP contribution in [0.1, 0.15) is 52.9 Å². The van der Waals surface area contributed by atoms with E-state index >= 15 is 0 Å². The first-order valence-corrected chi connectivity index (χ1v) is 15.0. The van der Waals surface area contributed by atoms with Crippen LogP contribution < -0.4 is 3.71 Å². The average Bonchev–Trinajstić information content (AvgIpc) is 2.43. The van der Waals surface area contributed by atoms with Gasteiger partial charge < -0.3 is 0 Å². The zero-order chi connectivity index (χ0) is 13.3. The first-order chi connectivity index (χ1) is 8.79. The predicted octanol–water partition coefficient (Wildman–Crippen LogP) is 4.14. The van der Waals surface area contributed by atoms with Gasteiger partial charge in [0.1, 0.15) is 0 Å². The van der Waals surface area contributed by atoms with Crippen molar-refractivity contribution in [1.82, 2.24) is 9.97 Å². The maximum atomic E-state index is 4.71. The SMILES string of the molecule is CCC[CH2][Sn]([CH2]CC)([CH2]CCC)[c]1cnccn1. The summed E-state index contributed by atoms with van der Waals surface area (Å²) in [6.07, 6.45) is 12.5. The van der Waals surface area contributed by atoms with Gasteiger partial charge in [-0.2, -0.15) is 0 Å². The Morgan fingerprint density at radius 1 is 0.889 bits per heavy atom. The summed E-state index contributed by atoms with van der Waals surface area (Å²) in [5.74, 6) is 0. The summed E-state index contributed by atoms with van der Waals surface area (Å²) in [6.45, 7) is 6.94. The summed E-state index contributed by atoms with van der Waals surface area (Å²) in [7, 11) is 0. The zero-order valence-corrected chi connectivity index (χ0v) is 15.1. The molecule has 102 valence electrons. The van der Waals surface area contributed by atoms with E-state index in [2.05, 4.69) is 32.0 Å². The fourth-order valence-corrected chi connectivity index (χ4v) is 17.8. The molecule has 0 radical (unpaired) electrons. The molecule has 0 saturated heterocycles. The second-order valence-electron chi connectivity index (χ2n) is 5.33. The Morgan fingerprint density at radius 2 is 1.56 bits per heavy atom. The van der Waals surface area contributed by atoms with E-state index in [4.69, 9.17) is 4.98 Å². The molecule has 0 atom stereocenters. The van der Waals surface area contributed by atoms with Gasteiger partial charge in [-0.15, -0.1) is 0 Å². The van der Waals surface area contributed by atoms with Gasteiger partial charge in [-0.1, -0.05) is 0 Å². The summed E-state index contributed by atoms with van der Waals surface area (Å²) < 4.78 is 5.82. The molecule has 1 heterocycles.